The van der Waals surface area contributed by atoms with Crippen LogP contribution in [-0.4, -0.2) is 36.5 Å². The first kappa shape index (κ1) is 11.4. The van der Waals surface area contributed by atoms with E-state index in [1.54, 1.807) is 0 Å². The second-order valence-electron chi connectivity index (χ2n) is 5.84. The molecule has 0 amide bonds. The Bertz CT molecular complexity index is 222. The van der Waals surface area contributed by atoms with Crippen LogP contribution in [0.5, 0.6) is 0 Å². The van der Waals surface area contributed by atoms with Crippen LogP contribution in [0.25, 0.3) is 0 Å². The van der Waals surface area contributed by atoms with Crippen molar-refractivity contribution in [1.82, 2.24) is 5.32 Å². The predicted molar refractivity (Wildman–Crippen MR) is 59.8 cm³/mol. The van der Waals surface area contributed by atoms with Crippen molar-refractivity contribution in [3.8, 4) is 0 Å². The highest BCUT2D eigenvalue weighted by molar-refractivity contribution is 4.93. The first-order chi connectivity index (χ1) is 7.02. The van der Waals surface area contributed by atoms with E-state index in [2.05, 4.69) is 19.2 Å². The molecule has 2 fully saturated rings. The Balaban J connectivity index is 1.82. The van der Waals surface area contributed by atoms with Gasteiger partial charge in [0.05, 0.1) is 6.61 Å². The maximum absolute atomic E-state index is 10.1. The third-order valence-corrected chi connectivity index (χ3v) is 4.02. The summed E-state index contributed by atoms with van der Waals surface area (Å²) in [5.41, 5.74) is -0.228. The Hall–Kier alpha value is -0.120. The molecule has 1 aliphatic heterocycles. The molecule has 1 heterocycles. The number of hydrogen-bond donors (Lipinski definition) is 2. The normalized spacial score (nSPS) is 39.8. The van der Waals surface area contributed by atoms with E-state index < -0.39 is 5.60 Å². The minimum Gasteiger partial charge on any atom is -0.386 e. The first-order valence-corrected chi connectivity index (χ1v) is 6.05. The number of ether oxygens (including phenoxy) is 1. The molecule has 0 spiro atoms. The molecule has 2 atom stereocenters. The fourth-order valence-corrected chi connectivity index (χ4v) is 2.75. The Kier molecular flexibility index (Phi) is 3.06. The van der Waals surface area contributed by atoms with Crippen molar-refractivity contribution in [2.75, 3.05) is 19.8 Å². The number of hydrogen-bond acceptors (Lipinski definition) is 3. The number of rotatable bonds is 3. The molecule has 88 valence electrons. The standard InChI is InChI=1S/C12H23NO2/c1-11(2)5-3-4-10(11)13-8-12(14)6-7-15-9-12/h10,13-14H,3-9H2,1-2H3. The second-order valence-corrected chi connectivity index (χ2v) is 5.84. The summed E-state index contributed by atoms with van der Waals surface area (Å²) in [5.74, 6) is 0. The molecule has 2 unspecified atom stereocenters. The largest absolute Gasteiger partial charge is 0.386 e. The summed E-state index contributed by atoms with van der Waals surface area (Å²) in [5, 5.41) is 13.7. The second kappa shape index (κ2) is 4.04. The lowest BCUT2D eigenvalue weighted by atomic mass is 9.87. The predicted octanol–water partition coefficient (Wildman–Crippen LogP) is 1.31. The van der Waals surface area contributed by atoms with Crippen LogP contribution < -0.4 is 5.32 Å². The van der Waals surface area contributed by atoms with E-state index in [4.69, 9.17) is 4.74 Å². The molecular formula is C12H23NO2. The summed E-state index contributed by atoms with van der Waals surface area (Å²) in [6, 6.07) is 0.558. The lowest BCUT2D eigenvalue weighted by molar-refractivity contribution is 0.0220. The maximum Gasteiger partial charge on any atom is 0.102 e. The molecule has 3 heteroatoms. The molecule has 0 radical (unpaired) electrons. The van der Waals surface area contributed by atoms with Gasteiger partial charge in [0.15, 0.2) is 0 Å². The fourth-order valence-electron chi connectivity index (χ4n) is 2.75. The van der Waals surface area contributed by atoms with Gasteiger partial charge in [-0.15, -0.1) is 0 Å². The Labute approximate surface area is 92.2 Å². The molecule has 1 aliphatic carbocycles. The van der Waals surface area contributed by atoms with Gasteiger partial charge < -0.3 is 15.2 Å². The van der Waals surface area contributed by atoms with Crippen LogP contribution in [0, 0.1) is 5.41 Å². The Morgan fingerprint density at radius 1 is 1.40 bits per heavy atom. The van der Waals surface area contributed by atoms with E-state index in [0.29, 0.717) is 31.2 Å². The number of aliphatic hydroxyl groups is 1. The van der Waals surface area contributed by atoms with E-state index in [1.165, 1.54) is 19.3 Å². The lowest BCUT2D eigenvalue weighted by Gasteiger charge is -2.31. The zero-order valence-corrected chi connectivity index (χ0v) is 9.88. The summed E-state index contributed by atoms with van der Waals surface area (Å²) in [4.78, 5) is 0. The van der Waals surface area contributed by atoms with Crippen LogP contribution in [0.3, 0.4) is 0 Å². The third-order valence-electron chi connectivity index (χ3n) is 4.02. The molecule has 0 bridgehead atoms. The average molecular weight is 213 g/mol. The molecule has 1 saturated heterocycles. The van der Waals surface area contributed by atoms with Crippen LogP contribution in [0.2, 0.25) is 0 Å². The van der Waals surface area contributed by atoms with Gasteiger partial charge in [-0.05, 0) is 18.3 Å². The SMILES string of the molecule is CC1(C)CCCC1NCC1(O)CCOC1. The van der Waals surface area contributed by atoms with Gasteiger partial charge in [0.25, 0.3) is 0 Å². The van der Waals surface area contributed by atoms with Gasteiger partial charge in [0, 0.05) is 25.6 Å². The van der Waals surface area contributed by atoms with Gasteiger partial charge in [0.1, 0.15) is 5.60 Å². The highest BCUT2D eigenvalue weighted by Gasteiger charge is 2.37. The van der Waals surface area contributed by atoms with Crippen molar-refractivity contribution >= 4 is 0 Å². The molecule has 1 saturated carbocycles. The van der Waals surface area contributed by atoms with Gasteiger partial charge in [-0.25, -0.2) is 0 Å². The van der Waals surface area contributed by atoms with Gasteiger partial charge >= 0.3 is 0 Å². The van der Waals surface area contributed by atoms with Gasteiger partial charge in [-0.2, -0.15) is 0 Å². The van der Waals surface area contributed by atoms with E-state index in [-0.39, 0.29) is 0 Å². The summed E-state index contributed by atoms with van der Waals surface area (Å²) in [7, 11) is 0. The van der Waals surface area contributed by atoms with E-state index in [1.807, 2.05) is 0 Å². The van der Waals surface area contributed by atoms with Crippen molar-refractivity contribution in [3.63, 3.8) is 0 Å². The Morgan fingerprint density at radius 3 is 2.73 bits per heavy atom. The van der Waals surface area contributed by atoms with Crippen molar-refractivity contribution in [2.45, 2.75) is 51.2 Å². The van der Waals surface area contributed by atoms with Crippen LogP contribution >= 0.6 is 0 Å². The molecule has 2 N–H and O–H groups in total. The topological polar surface area (TPSA) is 41.5 Å². The zero-order valence-electron chi connectivity index (χ0n) is 9.88. The minimum absolute atomic E-state index is 0.385. The number of nitrogens with one attached hydrogen (secondary N) is 1. The smallest absolute Gasteiger partial charge is 0.102 e. The average Bonchev–Trinajstić information content (AvgIpc) is 2.70. The van der Waals surface area contributed by atoms with Crippen LogP contribution in [0.4, 0.5) is 0 Å². The fraction of sp³-hybridized carbons (Fsp3) is 1.00. The molecule has 3 nitrogen and oxygen atoms in total. The molecule has 15 heavy (non-hydrogen) atoms. The molecule has 0 aromatic heterocycles. The Morgan fingerprint density at radius 2 is 2.20 bits per heavy atom. The van der Waals surface area contributed by atoms with E-state index in [0.717, 1.165) is 6.42 Å². The van der Waals surface area contributed by atoms with Crippen LogP contribution in [0.1, 0.15) is 39.5 Å². The molecule has 2 rings (SSSR count). The van der Waals surface area contributed by atoms with Crippen molar-refractivity contribution in [3.05, 3.63) is 0 Å². The summed E-state index contributed by atoms with van der Waals surface area (Å²) in [6.45, 7) is 6.50. The molecule has 0 aromatic rings. The van der Waals surface area contributed by atoms with E-state index in [9.17, 15) is 5.11 Å². The van der Waals surface area contributed by atoms with E-state index >= 15 is 0 Å². The van der Waals surface area contributed by atoms with Gasteiger partial charge in [-0.1, -0.05) is 20.3 Å². The lowest BCUT2D eigenvalue weighted by Crippen LogP contribution is -2.47. The van der Waals surface area contributed by atoms with Crippen molar-refractivity contribution in [2.24, 2.45) is 5.41 Å². The van der Waals surface area contributed by atoms with Crippen molar-refractivity contribution in [1.29, 1.82) is 0 Å². The van der Waals surface area contributed by atoms with Crippen molar-refractivity contribution < 1.29 is 9.84 Å². The highest BCUT2D eigenvalue weighted by atomic mass is 16.5. The van der Waals surface area contributed by atoms with Gasteiger partial charge in [-0.3, -0.25) is 0 Å². The van der Waals surface area contributed by atoms with Crippen LogP contribution in [0.15, 0.2) is 0 Å². The summed E-state index contributed by atoms with van der Waals surface area (Å²) < 4.78 is 5.24. The quantitative estimate of drug-likeness (QED) is 0.742. The first-order valence-electron chi connectivity index (χ1n) is 6.05. The monoisotopic (exact) mass is 213 g/mol. The molecular weight excluding hydrogens is 190 g/mol. The maximum atomic E-state index is 10.1. The molecule has 0 aromatic carbocycles. The molecule has 2 aliphatic rings. The minimum atomic E-state index is -0.612. The third kappa shape index (κ3) is 2.52. The summed E-state index contributed by atoms with van der Waals surface area (Å²) in [6.07, 6.45) is 4.61. The van der Waals surface area contributed by atoms with Gasteiger partial charge in [0.2, 0.25) is 0 Å². The summed E-state index contributed by atoms with van der Waals surface area (Å²) >= 11 is 0. The highest BCUT2D eigenvalue weighted by Crippen LogP contribution is 2.37. The van der Waals surface area contributed by atoms with Crippen LogP contribution in [-0.2, 0) is 4.74 Å². The zero-order chi connectivity index (χ0) is 10.9.